The van der Waals surface area contributed by atoms with Crippen LogP contribution in [-0.2, 0) is 27.9 Å². The molecule has 0 bridgehead atoms. The first-order valence-corrected chi connectivity index (χ1v) is 21.8. The third-order valence-electron chi connectivity index (χ3n) is 8.20. The molecule has 2 atom stereocenters. The number of hydrogen-bond donors (Lipinski definition) is 2. The van der Waals surface area contributed by atoms with E-state index >= 15 is 0 Å². The average Bonchev–Trinajstić information content (AvgIpc) is 3.12. The number of carbonyl (C=O) groups is 1. The molecule has 2 unspecified atom stereocenters. The molecule has 0 aliphatic rings. The molecule has 0 aliphatic heterocycles. The number of nitrogens with two attached hydrogens (primary N) is 1. The Morgan fingerprint density at radius 1 is 0.608 bits per heavy atom. The summed E-state index contributed by atoms with van der Waals surface area (Å²) in [6, 6.07) is 0. The molecule has 9 heteroatoms. The van der Waals surface area contributed by atoms with Gasteiger partial charge in [-0.25, -0.2) is 4.57 Å². The fourth-order valence-electron chi connectivity index (χ4n) is 5.26. The maximum atomic E-state index is 12.5. The molecule has 0 aromatic rings. The van der Waals surface area contributed by atoms with Crippen LogP contribution in [0, 0.1) is 0 Å². The standard InChI is InChI=1S/C42H76NO7P/c1-3-5-7-9-11-12-13-14-15-16-17-18-19-20-21-22-23-24-25-26-27-28-29-31-33-35-42(44)50-41(40-49-51(45,46)48-38-36-43)39-47-37-34-32-30-10-8-6-4-2/h5,7,11-12,14-15,17-18,20-21,41H,3-4,6,8-10,13,16,19,22-40,43H2,1-2H3,(H,45,46)/b7-5-,12-11-,15-14-,18-17-,21-20-. The Balaban J connectivity index is 3.93. The normalized spacial score (nSPS) is 14.2. The van der Waals surface area contributed by atoms with Crippen LogP contribution in [0.1, 0.15) is 162 Å². The highest BCUT2D eigenvalue weighted by Gasteiger charge is 2.25. The zero-order valence-corrected chi connectivity index (χ0v) is 33.5. The number of esters is 1. The molecule has 0 heterocycles. The molecule has 0 aliphatic carbocycles. The van der Waals surface area contributed by atoms with Crippen molar-refractivity contribution in [2.75, 3.05) is 33.0 Å². The first kappa shape index (κ1) is 49.2. The van der Waals surface area contributed by atoms with Crippen LogP contribution in [-0.4, -0.2) is 49.9 Å². The molecule has 8 nitrogen and oxygen atoms in total. The lowest BCUT2D eigenvalue weighted by atomic mass is 10.1. The van der Waals surface area contributed by atoms with Gasteiger partial charge >= 0.3 is 13.8 Å². The molecule has 0 aromatic heterocycles. The van der Waals surface area contributed by atoms with Crippen LogP contribution in [0.4, 0.5) is 0 Å². The quantitative estimate of drug-likeness (QED) is 0.0278. The Morgan fingerprint density at radius 2 is 1.10 bits per heavy atom. The zero-order valence-electron chi connectivity index (χ0n) is 32.6. The third kappa shape index (κ3) is 39.2. The first-order chi connectivity index (χ1) is 24.9. The van der Waals surface area contributed by atoms with E-state index in [4.69, 9.17) is 24.3 Å². The van der Waals surface area contributed by atoms with Gasteiger partial charge in [0, 0.05) is 19.6 Å². The Morgan fingerprint density at radius 3 is 1.65 bits per heavy atom. The molecule has 0 saturated carbocycles. The number of carbonyl (C=O) groups excluding carboxylic acids is 1. The van der Waals surface area contributed by atoms with Gasteiger partial charge in [0.2, 0.25) is 0 Å². The Labute approximate surface area is 313 Å². The van der Waals surface area contributed by atoms with Crippen LogP contribution in [0.25, 0.3) is 0 Å². The van der Waals surface area contributed by atoms with Crippen molar-refractivity contribution in [1.29, 1.82) is 0 Å². The molecule has 296 valence electrons. The van der Waals surface area contributed by atoms with Crippen molar-refractivity contribution in [3.8, 4) is 0 Å². The minimum Gasteiger partial charge on any atom is -0.457 e. The Hall–Kier alpha value is -1.80. The van der Waals surface area contributed by atoms with Crippen LogP contribution in [0.5, 0.6) is 0 Å². The van der Waals surface area contributed by atoms with Crippen LogP contribution in [0.2, 0.25) is 0 Å². The fraction of sp³-hybridized carbons (Fsp3) is 0.738. The predicted molar refractivity (Wildman–Crippen MR) is 215 cm³/mol. The van der Waals surface area contributed by atoms with E-state index in [1.54, 1.807) is 0 Å². The summed E-state index contributed by atoms with van der Waals surface area (Å²) in [4.78, 5) is 22.3. The summed E-state index contributed by atoms with van der Waals surface area (Å²) in [6.45, 7) is 4.75. The van der Waals surface area contributed by atoms with Crippen LogP contribution in [0.15, 0.2) is 60.8 Å². The second-order valence-electron chi connectivity index (χ2n) is 13.1. The zero-order chi connectivity index (χ0) is 37.4. The lowest BCUT2D eigenvalue weighted by Gasteiger charge is -2.20. The number of ether oxygens (including phenoxy) is 2. The predicted octanol–water partition coefficient (Wildman–Crippen LogP) is 11.8. The van der Waals surface area contributed by atoms with E-state index in [9.17, 15) is 14.3 Å². The summed E-state index contributed by atoms with van der Waals surface area (Å²) in [5.74, 6) is -0.341. The molecule has 0 fully saturated rings. The highest BCUT2D eigenvalue weighted by molar-refractivity contribution is 7.47. The molecule has 3 N–H and O–H groups in total. The van der Waals surface area contributed by atoms with Gasteiger partial charge in [0.15, 0.2) is 0 Å². The average molecular weight is 738 g/mol. The van der Waals surface area contributed by atoms with Gasteiger partial charge in [-0.3, -0.25) is 13.8 Å². The monoisotopic (exact) mass is 738 g/mol. The lowest BCUT2D eigenvalue weighted by molar-refractivity contribution is -0.154. The maximum absolute atomic E-state index is 12.5. The largest absolute Gasteiger partial charge is 0.472 e. The molecule has 0 saturated heterocycles. The number of allylic oxidation sites excluding steroid dienone is 10. The number of rotatable bonds is 38. The van der Waals surface area contributed by atoms with Gasteiger partial charge in [-0.1, -0.05) is 158 Å². The minimum absolute atomic E-state index is 0.0975. The number of hydrogen-bond acceptors (Lipinski definition) is 7. The third-order valence-corrected chi connectivity index (χ3v) is 9.18. The second kappa shape index (κ2) is 39.4. The van der Waals surface area contributed by atoms with Crippen molar-refractivity contribution in [3.05, 3.63) is 60.8 Å². The smallest absolute Gasteiger partial charge is 0.457 e. The highest BCUT2D eigenvalue weighted by atomic mass is 31.2. The summed E-state index contributed by atoms with van der Waals surface area (Å²) in [6.07, 6.45) is 46.8. The lowest BCUT2D eigenvalue weighted by Crippen LogP contribution is -2.28. The summed E-state index contributed by atoms with van der Waals surface area (Å²) in [7, 11) is -4.27. The summed E-state index contributed by atoms with van der Waals surface area (Å²) in [5.41, 5.74) is 5.34. The van der Waals surface area contributed by atoms with Crippen LogP contribution in [0.3, 0.4) is 0 Å². The first-order valence-electron chi connectivity index (χ1n) is 20.3. The van der Waals surface area contributed by atoms with Gasteiger partial charge in [0.05, 0.1) is 19.8 Å². The Kier molecular flexibility index (Phi) is 38.0. The van der Waals surface area contributed by atoms with E-state index < -0.39 is 13.9 Å². The topological polar surface area (TPSA) is 117 Å². The number of phosphoric ester groups is 1. The molecule has 0 aromatic carbocycles. The van der Waals surface area contributed by atoms with Crippen molar-refractivity contribution in [2.24, 2.45) is 5.73 Å². The van der Waals surface area contributed by atoms with E-state index in [0.717, 1.165) is 70.6 Å². The van der Waals surface area contributed by atoms with Crippen molar-refractivity contribution in [3.63, 3.8) is 0 Å². The van der Waals surface area contributed by atoms with Gasteiger partial charge in [-0.15, -0.1) is 0 Å². The maximum Gasteiger partial charge on any atom is 0.472 e. The summed E-state index contributed by atoms with van der Waals surface area (Å²) in [5, 5.41) is 0. The minimum atomic E-state index is -4.27. The number of unbranched alkanes of at least 4 members (excludes halogenated alkanes) is 15. The summed E-state index contributed by atoms with van der Waals surface area (Å²) < 4.78 is 33.2. The van der Waals surface area contributed by atoms with Gasteiger partial charge < -0.3 is 20.1 Å². The Bertz CT molecular complexity index is 963. The van der Waals surface area contributed by atoms with E-state index in [1.165, 1.54) is 70.6 Å². The molecule has 0 radical (unpaired) electrons. The molecule has 0 spiro atoms. The molecular weight excluding hydrogens is 661 g/mol. The van der Waals surface area contributed by atoms with Crippen molar-refractivity contribution >= 4 is 13.8 Å². The fourth-order valence-corrected chi connectivity index (χ4v) is 6.02. The van der Waals surface area contributed by atoms with Gasteiger partial charge in [0.25, 0.3) is 0 Å². The molecule has 0 amide bonds. The summed E-state index contributed by atoms with van der Waals surface area (Å²) >= 11 is 0. The van der Waals surface area contributed by atoms with E-state index in [2.05, 4.69) is 74.6 Å². The van der Waals surface area contributed by atoms with E-state index in [0.29, 0.717) is 13.0 Å². The van der Waals surface area contributed by atoms with E-state index in [-0.39, 0.29) is 32.3 Å². The van der Waals surface area contributed by atoms with Crippen LogP contribution < -0.4 is 5.73 Å². The van der Waals surface area contributed by atoms with E-state index in [1.807, 2.05) is 0 Å². The molecule has 51 heavy (non-hydrogen) atoms. The van der Waals surface area contributed by atoms with Gasteiger partial charge in [-0.05, 0) is 57.8 Å². The SMILES string of the molecule is CC/C=C\C/C=C\C/C=C\C/C=C\C/C=C\CCCCCCCCCCCC(=O)OC(COCCCCCCCCC)COP(=O)(O)OCCN. The second-order valence-corrected chi connectivity index (χ2v) is 14.6. The number of phosphoric acid groups is 1. The van der Waals surface area contributed by atoms with Crippen LogP contribution >= 0.6 is 7.82 Å². The van der Waals surface area contributed by atoms with Crippen molar-refractivity contribution in [1.82, 2.24) is 0 Å². The van der Waals surface area contributed by atoms with Gasteiger partial charge in [0.1, 0.15) is 6.10 Å². The van der Waals surface area contributed by atoms with Crippen molar-refractivity contribution in [2.45, 2.75) is 168 Å². The highest BCUT2D eigenvalue weighted by Crippen LogP contribution is 2.43. The van der Waals surface area contributed by atoms with Crippen molar-refractivity contribution < 1.29 is 32.8 Å². The van der Waals surface area contributed by atoms with Gasteiger partial charge in [-0.2, -0.15) is 0 Å². The molecular formula is C42H76NO7P. The molecule has 0 rings (SSSR count).